The fraction of sp³-hybridized carbons (Fsp3) is 1.00. The van der Waals surface area contributed by atoms with Crippen molar-refractivity contribution in [3.8, 4) is 0 Å². The van der Waals surface area contributed by atoms with Crippen molar-refractivity contribution in [3.63, 3.8) is 0 Å². The highest BCUT2D eigenvalue weighted by Gasteiger charge is 2.27. The average molecular weight is 248 g/mol. The van der Waals surface area contributed by atoms with Gasteiger partial charge in [-0.15, -0.1) is 0 Å². The number of hydrogen-bond donors (Lipinski definition) is 2. The van der Waals surface area contributed by atoms with Crippen molar-refractivity contribution in [1.29, 1.82) is 0 Å². The summed E-state index contributed by atoms with van der Waals surface area (Å²) < 4.78 is 26.2. The van der Waals surface area contributed by atoms with E-state index >= 15 is 0 Å². The van der Waals surface area contributed by atoms with E-state index in [1.807, 2.05) is 0 Å². The first-order valence-electron chi connectivity index (χ1n) is 6.09. The van der Waals surface area contributed by atoms with Crippen molar-refractivity contribution in [1.82, 2.24) is 10.0 Å². The number of hydrogen-bond acceptors (Lipinski definition) is 3. The van der Waals surface area contributed by atoms with Crippen LogP contribution in [0.4, 0.5) is 0 Å². The van der Waals surface area contributed by atoms with Gasteiger partial charge in [-0.05, 0) is 38.1 Å². The highest BCUT2D eigenvalue weighted by Crippen LogP contribution is 2.29. The Kier molecular flexibility index (Phi) is 5.21. The number of sulfonamides is 1. The second kappa shape index (κ2) is 5.98. The highest BCUT2D eigenvalue weighted by molar-refractivity contribution is 7.89. The Morgan fingerprint density at radius 3 is 2.44 bits per heavy atom. The molecule has 0 aromatic rings. The molecule has 0 aromatic heterocycles. The zero-order valence-corrected chi connectivity index (χ0v) is 11.3. The van der Waals surface area contributed by atoms with E-state index in [1.54, 1.807) is 7.05 Å². The Hall–Kier alpha value is -0.130. The van der Waals surface area contributed by atoms with E-state index in [4.69, 9.17) is 0 Å². The summed E-state index contributed by atoms with van der Waals surface area (Å²) in [4.78, 5) is 0. The van der Waals surface area contributed by atoms with Crippen LogP contribution in [0.15, 0.2) is 0 Å². The van der Waals surface area contributed by atoms with E-state index in [1.165, 1.54) is 0 Å². The molecular weight excluding hydrogens is 224 g/mol. The first-order chi connectivity index (χ1) is 7.44. The molecule has 0 bridgehead atoms. The summed E-state index contributed by atoms with van der Waals surface area (Å²) in [5.74, 6) is 1.51. The fourth-order valence-corrected chi connectivity index (χ4v) is 3.52. The van der Waals surface area contributed by atoms with Crippen molar-refractivity contribution < 1.29 is 8.42 Å². The molecule has 16 heavy (non-hydrogen) atoms. The molecule has 0 heterocycles. The molecule has 96 valence electrons. The third kappa shape index (κ3) is 4.39. The van der Waals surface area contributed by atoms with Crippen LogP contribution in [0, 0.1) is 11.8 Å². The van der Waals surface area contributed by atoms with Crippen LogP contribution in [0.5, 0.6) is 0 Å². The summed E-state index contributed by atoms with van der Waals surface area (Å²) in [5.41, 5.74) is 0. The largest absolute Gasteiger partial charge is 0.319 e. The van der Waals surface area contributed by atoms with Crippen molar-refractivity contribution in [3.05, 3.63) is 0 Å². The van der Waals surface area contributed by atoms with Crippen LogP contribution in [0.25, 0.3) is 0 Å². The molecule has 0 spiro atoms. The van der Waals surface area contributed by atoms with Crippen LogP contribution in [-0.2, 0) is 10.0 Å². The smallest absolute Gasteiger partial charge is 0.213 e. The molecule has 5 heteroatoms. The quantitative estimate of drug-likeness (QED) is 0.761. The van der Waals surface area contributed by atoms with Crippen LogP contribution in [0.1, 0.15) is 33.1 Å². The Morgan fingerprint density at radius 2 is 1.88 bits per heavy atom. The van der Waals surface area contributed by atoms with Crippen LogP contribution < -0.4 is 10.0 Å². The molecule has 0 saturated heterocycles. The lowest BCUT2D eigenvalue weighted by molar-refractivity contribution is 0.242. The molecule has 1 saturated carbocycles. The van der Waals surface area contributed by atoms with E-state index in [9.17, 15) is 8.42 Å². The van der Waals surface area contributed by atoms with Crippen LogP contribution in [0.2, 0.25) is 0 Å². The Balaban J connectivity index is 2.42. The van der Waals surface area contributed by atoms with Gasteiger partial charge in [0.15, 0.2) is 0 Å². The van der Waals surface area contributed by atoms with Crippen molar-refractivity contribution in [2.45, 2.75) is 39.2 Å². The first-order valence-corrected chi connectivity index (χ1v) is 7.74. The molecule has 3 atom stereocenters. The van der Waals surface area contributed by atoms with Gasteiger partial charge in [-0.2, -0.15) is 0 Å². The van der Waals surface area contributed by atoms with Crippen LogP contribution in [0.3, 0.4) is 0 Å². The van der Waals surface area contributed by atoms with Gasteiger partial charge in [-0.3, -0.25) is 0 Å². The SMILES string of the molecule is CNCCS(=O)(=O)NC1CCC(C)C(C)C1. The minimum absolute atomic E-state index is 0.146. The molecule has 1 aliphatic carbocycles. The lowest BCUT2D eigenvalue weighted by Gasteiger charge is -2.32. The molecule has 4 nitrogen and oxygen atoms in total. The van der Waals surface area contributed by atoms with Gasteiger partial charge in [0, 0.05) is 12.6 Å². The molecule has 0 aromatic carbocycles. The minimum Gasteiger partial charge on any atom is -0.319 e. The van der Waals surface area contributed by atoms with E-state index in [0.717, 1.165) is 25.2 Å². The monoisotopic (exact) mass is 248 g/mol. The summed E-state index contributed by atoms with van der Waals surface area (Å²) in [6, 6.07) is 0.146. The van der Waals surface area contributed by atoms with E-state index in [0.29, 0.717) is 12.5 Å². The standard InChI is InChI=1S/C11H24N2O2S/c1-9-4-5-11(8-10(9)2)13-16(14,15)7-6-12-3/h9-13H,4-8H2,1-3H3. The van der Waals surface area contributed by atoms with E-state index in [-0.39, 0.29) is 11.8 Å². The Morgan fingerprint density at radius 1 is 1.19 bits per heavy atom. The van der Waals surface area contributed by atoms with Gasteiger partial charge in [0.1, 0.15) is 0 Å². The summed E-state index contributed by atoms with van der Waals surface area (Å²) in [6.45, 7) is 4.96. The maximum Gasteiger partial charge on any atom is 0.213 e. The first kappa shape index (κ1) is 13.9. The third-order valence-electron chi connectivity index (χ3n) is 3.57. The molecule has 0 aliphatic heterocycles. The molecule has 3 unspecified atom stereocenters. The average Bonchev–Trinajstić information content (AvgIpc) is 2.20. The molecular formula is C11H24N2O2S. The second-order valence-electron chi connectivity index (χ2n) is 5.00. The maximum atomic E-state index is 11.7. The molecule has 0 amide bonds. The molecule has 1 rings (SSSR count). The predicted molar refractivity (Wildman–Crippen MR) is 66.8 cm³/mol. The maximum absolute atomic E-state index is 11.7. The van der Waals surface area contributed by atoms with Gasteiger partial charge in [0.25, 0.3) is 0 Å². The predicted octanol–water partition coefficient (Wildman–Crippen LogP) is 0.950. The third-order valence-corrected chi connectivity index (χ3v) is 5.00. The Bertz CT molecular complexity index is 303. The van der Waals surface area contributed by atoms with Crippen molar-refractivity contribution in [2.24, 2.45) is 11.8 Å². The summed E-state index contributed by atoms with van der Waals surface area (Å²) in [5, 5.41) is 2.86. The van der Waals surface area contributed by atoms with Crippen molar-refractivity contribution >= 4 is 10.0 Å². The summed E-state index contributed by atoms with van der Waals surface area (Å²) in [7, 11) is -1.33. The van der Waals surface area contributed by atoms with Crippen LogP contribution in [-0.4, -0.2) is 33.8 Å². The lowest BCUT2D eigenvalue weighted by Crippen LogP contribution is -2.42. The van der Waals surface area contributed by atoms with E-state index < -0.39 is 10.0 Å². The topological polar surface area (TPSA) is 58.2 Å². The highest BCUT2D eigenvalue weighted by atomic mass is 32.2. The molecule has 2 N–H and O–H groups in total. The Labute approximate surface area is 99.2 Å². The molecule has 1 fully saturated rings. The second-order valence-corrected chi connectivity index (χ2v) is 6.88. The van der Waals surface area contributed by atoms with Gasteiger partial charge >= 0.3 is 0 Å². The molecule has 0 radical (unpaired) electrons. The fourth-order valence-electron chi connectivity index (χ4n) is 2.20. The number of rotatable bonds is 5. The lowest BCUT2D eigenvalue weighted by atomic mass is 9.79. The summed E-state index contributed by atoms with van der Waals surface area (Å²) >= 11 is 0. The minimum atomic E-state index is -3.10. The van der Waals surface area contributed by atoms with Gasteiger partial charge in [0.05, 0.1) is 5.75 Å². The molecule has 1 aliphatic rings. The summed E-state index contributed by atoms with van der Waals surface area (Å²) in [6.07, 6.45) is 3.07. The van der Waals surface area contributed by atoms with Crippen LogP contribution >= 0.6 is 0 Å². The van der Waals surface area contributed by atoms with Gasteiger partial charge in [0.2, 0.25) is 10.0 Å². The number of nitrogens with one attached hydrogen (secondary N) is 2. The van der Waals surface area contributed by atoms with Gasteiger partial charge < -0.3 is 5.32 Å². The van der Waals surface area contributed by atoms with Crippen molar-refractivity contribution in [2.75, 3.05) is 19.3 Å². The zero-order valence-electron chi connectivity index (χ0n) is 10.5. The van der Waals surface area contributed by atoms with Gasteiger partial charge in [-0.1, -0.05) is 13.8 Å². The van der Waals surface area contributed by atoms with Gasteiger partial charge in [-0.25, -0.2) is 13.1 Å². The normalized spacial score (nSPS) is 31.6. The van der Waals surface area contributed by atoms with E-state index in [2.05, 4.69) is 23.9 Å². The zero-order chi connectivity index (χ0) is 12.2.